The molecular formula is C16H15F2N3O2. The summed E-state index contributed by atoms with van der Waals surface area (Å²) in [6.45, 7) is 0.745. The van der Waals surface area contributed by atoms with Gasteiger partial charge >= 0.3 is 0 Å². The number of aromatic nitrogens is 2. The molecule has 5 nitrogen and oxygen atoms in total. The number of nitrogens with zero attached hydrogens (tertiary/aromatic N) is 3. The Morgan fingerprint density at radius 2 is 1.83 bits per heavy atom. The van der Waals surface area contributed by atoms with Crippen molar-refractivity contribution in [1.82, 2.24) is 15.1 Å². The van der Waals surface area contributed by atoms with E-state index in [1.54, 1.807) is 18.3 Å². The average Bonchev–Trinajstić information content (AvgIpc) is 2.56. The van der Waals surface area contributed by atoms with Crippen molar-refractivity contribution >= 4 is 5.91 Å². The number of benzene rings is 1. The summed E-state index contributed by atoms with van der Waals surface area (Å²) in [5, 5.41) is 7.58. The molecule has 1 fully saturated rings. The molecule has 0 spiro atoms. The Kier molecular flexibility index (Phi) is 4.45. The quantitative estimate of drug-likeness (QED) is 0.872. The van der Waals surface area contributed by atoms with Crippen LogP contribution in [0.25, 0.3) is 0 Å². The fourth-order valence-corrected chi connectivity index (χ4v) is 2.56. The minimum Gasteiger partial charge on any atom is -0.473 e. The second kappa shape index (κ2) is 6.68. The molecule has 7 heteroatoms. The van der Waals surface area contributed by atoms with E-state index in [2.05, 4.69) is 10.2 Å². The third kappa shape index (κ3) is 3.44. The highest BCUT2D eigenvalue weighted by molar-refractivity contribution is 5.94. The van der Waals surface area contributed by atoms with Gasteiger partial charge in [-0.25, -0.2) is 8.78 Å². The normalized spacial score (nSPS) is 15.5. The summed E-state index contributed by atoms with van der Waals surface area (Å²) in [6, 6.07) is 6.84. The van der Waals surface area contributed by atoms with Crippen LogP contribution >= 0.6 is 0 Å². The van der Waals surface area contributed by atoms with E-state index in [0.717, 1.165) is 12.1 Å². The van der Waals surface area contributed by atoms with Gasteiger partial charge in [-0.15, -0.1) is 5.10 Å². The Balaban J connectivity index is 1.62. The monoisotopic (exact) mass is 319 g/mol. The lowest BCUT2D eigenvalue weighted by molar-refractivity contribution is 0.0577. The average molecular weight is 319 g/mol. The van der Waals surface area contributed by atoms with Crippen LogP contribution in [0.2, 0.25) is 0 Å². The predicted molar refractivity (Wildman–Crippen MR) is 77.9 cm³/mol. The summed E-state index contributed by atoms with van der Waals surface area (Å²) in [7, 11) is 0. The molecule has 3 rings (SSSR count). The zero-order valence-electron chi connectivity index (χ0n) is 12.3. The van der Waals surface area contributed by atoms with Crippen LogP contribution in [0.15, 0.2) is 36.5 Å². The first-order valence-corrected chi connectivity index (χ1v) is 7.33. The number of piperidine rings is 1. The minimum absolute atomic E-state index is 0.0961. The summed E-state index contributed by atoms with van der Waals surface area (Å²) < 4.78 is 33.1. The van der Waals surface area contributed by atoms with Crippen molar-refractivity contribution in [1.29, 1.82) is 0 Å². The van der Waals surface area contributed by atoms with Crippen LogP contribution in [-0.4, -0.2) is 40.2 Å². The first-order valence-electron chi connectivity index (χ1n) is 7.33. The van der Waals surface area contributed by atoms with Crippen molar-refractivity contribution in [3.8, 4) is 5.88 Å². The number of ether oxygens (including phenoxy) is 1. The molecule has 0 saturated carbocycles. The topological polar surface area (TPSA) is 55.3 Å². The highest BCUT2D eigenvalue weighted by Crippen LogP contribution is 2.20. The van der Waals surface area contributed by atoms with E-state index in [1.165, 1.54) is 11.0 Å². The number of halogens is 2. The first kappa shape index (κ1) is 15.3. The van der Waals surface area contributed by atoms with Crippen molar-refractivity contribution in [3.63, 3.8) is 0 Å². The number of hydrogen-bond acceptors (Lipinski definition) is 4. The maximum atomic E-state index is 13.7. The molecule has 23 heavy (non-hydrogen) atoms. The number of likely N-dealkylation sites (tertiary alicyclic amines) is 1. The molecule has 1 amide bonds. The Morgan fingerprint density at radius 3 is 2.43 bits per heavy atom. The lowest BCUT2D eigenvalue weighted by atomic mass is 10.1. The van der Waals surface area contributed by atoms with Crippen LogP contribution in [0.1, 0.15) is 23.2 Å². The maximum Gasteiger partial charge on any atom is 0.259 e. The molecule has 0 N–H and O–H groups in total. The molecule has 120 valence electrons. The van der Waals surface area contributed by atoms with Crippen LogP contribution in [0.5, 0.6) is 5.88 Å². The largest absolute Gasteiger partial charge is 0.473 e. The van der Waals surface area contributed by atoms with E-state index >= 15 is 0 Å². The van der Waals surface area contributed by atoms with Gasteiger partial charge in [-0.2, -0.15) is 5.10 Å². The van der Waals surface area contributed by atoms with E-state index in [4.69, 9.17) is 4.74 Å². The maximum absolute atomic E-state index is 13.7. The molecule has 0 aliphatic carbocycles. The molecule has 1 aromatic heterocycles. The molecule has 0 unspecified atom stereocenters. The second-order valence-corrected chi connectivity index (χ2v) is 5.27. The zero-order valence-corrected chi connectivity index (χ0v) is 12.3. The molecule has 2 aromatic rings. The van der Waals surface area contributed by atoms with Gasteiger partial charge < -0.3 is 9.64 Å². The van der Waals surface area contributed by atoms with Gasteiger partial charge in [0.25, 0.3) is 5.91 Å². The van der Waals surface area contributed by atoms with Crippen LogP contribution < -0.4 is 4.74 Å². The van der Waals surface area contributed by atoms with Crippen molar-refractivity contribution < 1.29 is 18.3 Å². The predicted octanol–water partition coefficient (Wildman–Crippen LogP) is 2.44. The first-order chi connectivity index (χ1) is 11.1. The van der Waals surface area contributed by atoms with E-state index in [-0.39, 0.29) is 6.10 Å². The van der Waals surface area contributed by atoms with Crippen LogP contribution in [0, 0.1) is 11.6 Å². The van der Waals surface area contributed by atoms with Gasteiger partial charge in [0.05, 0.1) is 0 Å². The van der Waals surface area contributed by atoms with Crippen molar-refractivity contribution in [3.05, 3.63) is 53.7 Å². The minimum atomic E-state index is -0.840. The third-order valence-corrected chi connectivity index (χ3v) is 3.74. The molecule has 0 bridgehead atoms. The van der Waals surface area contributed by atoms with E-state index in [0.29, 0.717) is 31.8 Å². The Hall–Kier alpha value is -2.57. The van der Waals surface area contributed by atoms with Crippen molar-refractivity contribution in [2.45, 2.75) is 18.9 Å². The van der Waals surface area contributed by atoms with Crippen molar-refractivity contribution in [2.75, 3.05) is 13.1 Å². The smallest absolute Gasteiger partial charge is 0.259 e. The van der Waals surface area contributed by atoms with Gasteiger partial charge in [0.2, 0.25) is 5.88 Å². The standard InChI is InChI=1S/C16H15F2N3O2/c17-12-3-1-4-13(18)15(12)16(22)21-9-6-11(7-10-21)23-14-5-2-8-19-20-14/h1-5,8,11H,6-7,9-10H2. The third-order valence-electron chi connectivity index (χ3n) is 3.74. The molecular weight excluding hydrogens is 304 g/mol. The molecule has 1 aromatic carbocycles. The van der Waals surface area contributed by atoms with Gasteiger partial charge in [0.15, 0.2) is 0 Å². The van der Waals surface area contributed by atoms with Crippen LogP contribution in [-0.2, 0) is 0 Å². The number of hydrogen-bond donors (Lipinski definition) is 0. The second-order valence-electron chi connectivity index (χ2n) is 5.27. The number of carbonyl (C=O) groups excluding carboxylic acids is 1. The fraction of sp³-hybridized carbons (Fsp3) is 0.312. The summed E-state index contributed by atoms with van der Waals surface area (Å²) >= 11 is 0. The highest BCUT2D eigenvalue weighted by atomic mass is 19.1. The lowest BCUT2D eigenvalue weighted by Gasteiger charge is -2.32. The number of carbonyl (C=O) groups is 1. The van der Waals surface area contributed by atoms with Gasteiger partial charge in [0, 0.05) is 38.2 Å². The molecule has 1 saturated heterocycles. The summed E-state index contributed by atoms with van der Waals surface area (Å²) in [4.78, 5) is 13.7. The van der Waals surface area contributed by atoms with Crippen LogP contribution in [0.3, 0.4) is 0 Å². The molecule has 1 aliphatic rings. The van der Waals surface area contributed by atoms with Crippen LogP contribution in [0.4, 0.5) is 8.78 Å². The van der Waals surface area contributed by atoms with Gasteiger partial charge in [-0.05, 0) is 18.2 Å². The highest BCUT2D eigenvalue weighted by Gasteiger charge is 2.28. The Labute approximate surface area is 131 Å². The van der Waals surface area contributed by atoms with E-state index < -0.39 is 23.1 Å². The summed E-state index contributed by atoms with van der Waals surface area (Å²) in [6.07, 6.45) is 2.59. The Morgan fingerprint density at radius 1 is 1.13 bits per heavy atom. The number of amides is 1. The van der Waals surface area contributed by atoms with Gasteiger partial charge in [0.1, 0.15) is 23.3 Å². The van der Waals surface area contributed by atoms with Gasteiger partial charge in [-0.1, -0.05) is 6.07 Å². The van der Waals surface area contributed by atoms with E-state index in [1.807, 2.05) is 0 Å². The fourth-order valence-electron chi connectivity index (χ4n) is 2.56. The molecule has 2 heterocycles. The number of rotatable bonds is 3. The lowest BCUT2D eigenvalue weighted by Crippen LogP contribution is -2.42. The zero-order chi connectivity index (χ0) is 16.2. The summed E-state index contributed by atoms with van der Waals surface area (Å²) in [5.41, 5.74) is -0.499. The Bertz CT molecular complexity index is 669. The molecule has 0 radical (unpaired) electrons. The SMILES string of the molecule is O=C(c1c(F)cccc1F)N1CCC(Oc2cccnn2)CC1. The molecule has 1 aliphatic heterocycles. The van der Waals surface area contributed by atoms with E-state index in [9.17, 15) is 13.6 Å². The molecule has 0 atom stereocenters. The van der Waals surface area contributed by atoms with Gasteiger partial charge in [-0.3, -0.25) is 4.79 Å². The van der Waals surface area contributed by atoms with Crippen molar-refractivity contribution in [2.24, 2.45) is 0 Å². The summed E-state index contributed by atoms with van der Waals surface area (Å²) in [5.74, 6) is -1.88.